The highest BCUT2D eigenvalue weighted by atomic mass is 79.9. The van der Waals surface area contributed by atoms with E-state index >= 15 is 0 Å². The summed E-state index contributed by atoms with van der Waals surface area (Å²) in [6.45, 7) is 0.585. The number of hydrogen-bond donors (Lipinski definition) is 1. The summed E-state index contributed by atoms with van der Waals surface area (Å²) in [5, 5.41) is 2.60. The van der Waals surface area contributed by atoms with Gasteiger partial charge in [0, 0.05) is 11.0 Å². The minimum Gasteiger partial charge on any atom is -0.352 e. The standard InChI is InChI=1S/C9H7BrFNO/c10-6-3-5-1-2-12-9(13)8(5)7(11)4-6/h3-4H,1-2H2,(H,12,13). The zero-order chi connectivity index (χ0) is 9.42. The van der Waals surface area contributed by atoms with Crippen LogP contribution in [0.15, 0.2) is 16.6 Å². The average molecular weight is 244 g/mol. The SMILES string of the molecule is O=C1NCCc2cc(Br)cc(F)c21. The number of carbonyl (C=O) groups is 1. The summed E-state index contributed by atoms with van der Waals surface area (Å²) >= 11 is 3.19. The molecule has 1 N–H and O–H groups in total. The third-order valence-corrected chi connectivity index (χ3v) is 2.50. The molecule has 0 aliphatic carbocycles. The molecule has 2 nitrogen and oxygen atoms in total. The normalized spacial score (nSPS) is 15.1. The van der Waals surface area contributed by atoms with Crippen LogP contribution in [-0.4, -0.2) is 12.5 Å². The fraction of sp³-hybridized carbons (Fsp3) is 0.222. The Morgan fingerprint density at radius 3 is 3.00 bits per heavy atom. The molecule has 4 heteroatoms. The lowest BCUT2D eigenvalue weighted by Crippen LogP contribution is -2.32. The molecule has 0 fully saturated rings. The first-order chi connectivity index (χ1) is 6.18. The third kappa shape index (κ3) is 1.46. The molecule has 1 aliphatic rings. The van der Waals surface area contributed by atoms with Crippen molar-refractivity contribution in [2.24, 2.45) is 0 Å². The van der Waals surface area contributed by atoms with E-state index in [-0.39, 0.29) is 11.5 Å². The Bertz CT molecular complexity index is 378. The highest BCUT2D eigenvalue weighted by Gasteiger charge is 2.20. The van der Waals surface area contributed by atoms with Crippen LogP contribution in [0.5, 0.6) is 0 Å². The van der Waals surface area contributed by atoms with Gasteiger partial charge in [0.25, 0.3) is 5.91 Å². The summed E-state index contributed by atoms with van der Waals surface area (Å²) in [4.78, 5) is 11.3. The van der Waals surface area contributed by atoms with Crippen LogP contribution < -0.4 is 5.32 Å². The Labute approximate surface area is 83.3 Å². The van der Waals surface area contributed by atoms with Gasteiger partial charge in [-0.2, -0.15) is 0 Å². The topological polar surface area (TPSA) is 29.1 Å². The lowest BCUT2D eigenvalue weighted by Gasteiger charge is -2.16. The van der Waals surface area contributed by atoms with E-state index in [1.807, 2.05) is 0 Å². The molecule has 0 radical (unpaired) electrons. The molecule has 0 spiro atoms. The van der Waals surface area contributed by atoms with Gasteiger partial charge in [-0.1, -0.05) is 15.9 Å². The van der Waals surface area contributed by atoms with E-state index in [1.165, 1.54) is 6.07 Å². The summed E-state index contributed by atoms with van der Waals surface area (Å²) in [5.74, 6) is -0.771. The first-order valence-electron chi connectivity index (χ1n) is 3.94. The Morgan fingerprint density at radius 1 is 1.46 bits per heavy atom. The number of nitrogens with one attached hydrogen (secondary N) is 1. The Morgan fingerprint density at radius 2 is 2.23 bits per heavy atom. The predicted molar refractivity (Wildman–Crippen MR) is 50.1 cm³/mol. The highest BCUT2D eigenvalue weighted by Crippen LogP contribution is 2.22. The quantitative estimate of drug-likeness (QED) is 0.741. The second-order valence-corrected chi connectivity index (χ2v) is 3.84. The van der Waals surface area contributed by atoms with Crippen LogP contribution in [-0.2, 0) is 6.42 Å². The van der Waals surface area contributed by atoms with Gasteiger partial charge in [-0.25, -0.2) is 4.39 Å². The molecule has 1 aromatic rings. The van der Waals surface area contributed by atoms with Gasteiger partial charge in [0.15, 0.2) is 0 Å². The Kier molecular flexibility index (Phi) is 2.07. The number of rotatable bonds is 0. The van der Waals surface area contributed by atoms with Gasteiger partial charge in [-0.15, -0.1) is 0 Å². The minimum absolute atomic E-state index is 0.189. The van der Waals surface area contributed by atoms with Gasteiger partial charge in [-0.05, 0) is 24.1 Å². The van der Waals surface area contributed by atoms with Crippen molar-refractivity contribution in [2.45, 2.75) is 6.42 Å². The van der Waals surface area contributed by atoms with E-state index in [9.17, 15) is 9.18 Å². The average Bonchev–Trinajstić information content (AvgIpc) is 2.02. The Hall–Kier alpha value is -0.900. The summed E-state index contributed by atoms with van der Waals surface area (Å²) in [5.41, 5.74) is 0.963. The smallest absolute Gasteiger partial charge is 0.254 e. The van der Waals surface area contributed by atoms with Gasteiger partial charge in [0.2, 0.25) is 0 Å². The first-order valence-corrected chi connectivity index (χ1v) is 4.74. The highest BCUT2D eigenvalue weighted by molar-refractivity contribution is 9.10. The zero-order valence-corrected chi connectivity index (χ0v) is 8.32. The van der Waals surface area contributed by atoms with Crippen LogP contribution in [0.2, 0.25) is 0 Å². The summed E-state index contributed by atoms with van der Waals surface area (Å²) < 4.78 is 14.0. The molecule has 2 rings (SSSR count). The van der Waals surface area contributed by atoms with Crippen molar-refractivity contribution < 1.29 is 9.18 Å². The predicted octanol–water partition coefficient (Wildman–Crippen LogP) is 1.87. The summed E-state index contributed by atoms with van der Waals surface area (Å²) in [6.07, 6.45) is 0.692. The second-order valence-electron chi connectivity index (χ2n) is 2.93. The van der Waals surface area contributed by atoms with E-state index in [2.05, 4.69) is 21.2 Å². The molecule has 0 saturated heterocycles. The van der Waals surface area contributed by atoms with Crippen molar-refractivity contribution in [1.82, 2.24) is 5.32 Å². The molecule has 1 aliphatic heterocycles. The van der Waals surface area contributed by atoms with Crippen molar-refractivity contribution in [3.8, 4) is 0 Å². The molecule has 0 saturated carbocycles. The van der Waals surface area contributed by atoms with E-state index in [1.54, 1.807) is 6.07 Å². The molecule has 0 bridgehead atoms. The maximum Gasteiger partial charge on any atom is 0.254 e. The maximum absolute atomic E-state index is 13.3. The van der Waals surface area contributed by atoms with Crippen LogP contribution in [0.25, 0.3) is 0 Å². The van der Waals surface area contributed by atoms with E-state index < -0.39 is 5.82 Å². The van der Waals surface area contributed by atoms with Crippen molar-refractivity contribution in [2.75, 3.05) is 6.54 Å². The fourth-order valence-corrected chi connectivity index (χ4v) is 1.95. The van der Waals surface area contributed by atoms with Gasteiger partial charge in [0.05, 0.1) is 5.56 Å². The zero-order valence-electron chi connectivity index (χ0n) is 6.73. The number of carbonyl (C=O) groups excluding carboxylic acids is 1. The third-order valence-electron chi connectivity index (χ3n) is 2.04. The van der Waals surface area contributed by atoms with Gasteiger partial charge in [0.1, 0.15) is 5.82 Å². The molecule has 68 valence electrons. The summed E-state index contributed by atoms with van der Waals surface area (Å²) in [7, 11) is 0. The fourth-order valence-electron chi connectivity index (χ4n) is 1.48. The Balaban J connectivity index is 2.63. The molecule has 0 aromatic heterocycles. The molecule has 0 atom stereocenters. The molecule has 1 amide bonds. The van der Waals surface area contributed by atoms with Crippen molar-refractivity contribution in [3.63, 3.8) is 0 Å². The minimum atomic E-state index is -0.457. The number of benzene rings is 1. The van der Waals surface area contributed by atoms with Crippen molar-refractivity contribution >= 4 is 21.8 Å². The lowest BCUT2D eigenvalue weighted by molar-refractivity contribution is 0.0941. The molecule has 1 aromatic carbocycles. The van der Waals surface area contributed by atoms with E-state index in [0.29, 0.717) is 17.4 Å². The lowest BCUT2D eigenvalue weighted by atomic mass is 10.0. The molecule has 0 unspecified atom stereocenters. The molecule has 1 heterocycles. The number of hydrogen-bond acceptors (Lipinski definition) is 1. The number of halogens is 2. The largest absolute Gasteiger partial charge is 0.352 e. The van der Waals surface area contributed by atoms with E-state index in [0.717, 1.165) is 5.56 Å². The molecular formula is C9H7BrFNO. The van der Waals surface area contributed by atoms with Gasteiger partial charge in [-0.3, -0.25) is 4.79 Å². The van der Waals surface area contributed by atoms with Crippen LogP contribution in [0.4, 0.5) is 4.39 Å². The summed E-state index contributed by atoms with van der Waals surface area (Å²) in [6, 6.07) is 3.10. The number of amides is 1. The van der Waals surface area contributed by atoms with Crippen LogP contribution in [0.3, 0.4) is 0 Å². The van der Waals surface area contributed by atoms with Gasteiger partial charge < -0.3 is 5.32 Å². The van der Waals surface area contributed by atoms with Crippen LogP contribution in [0, 0.1) is 5.82 Å². The monoisotopic (exact) mass is 243 g/mol. The van der Waals surface area contributed by atoms with Crippen molar-refractivity contribution in [3.05, 3.63) is 33.5 Å². The van der Waals surface area contributed by atoms with Gasteiger partial charge >= 0.3 is 0 Å². The van der Waals surface area contributed by atoms with E-state index in [4.69, 9.17) is 0 Å². The van der Waals surface area contributed by atoms with Crippen LogP contribution >= 0.6 is 15.9 Å². The van der Waals surface area contributed by atoms with Crippen molar-refractivity contribution in [1.29, 1.82) is 0 Å². The molecular weight excluding hydrogens is 237 g/mol. The maximum atomic E-state index is 13.3. The number of fused-ring (bicyclic) bond motifs is 1. The second kappa shape index (κ2) is 3.10. The van der Waals surface area contributed by atoms with Crippen LogP contribution in [0.1, 0.15) is 15.9 Å². The first kappa shape index (κ1) is 8.69. The molecule has 13 heavy (non-hydrogen) atoms.